The van der Waals surface area contributed by atoms with Gasteiger partial charge < -0.3 is 10.2 Å². The van der Waals surface area contributed by atoms with E-state index in [9.17, 15) is 9.59 Å². The predicted octanol–water partition coefficient (Wildman–Crippen LogP) is 2.85. The number of carbonyl (C=O) groups is 2. The fourth-order valence-electron chi connectivity index (χ4n) is 1.61. The molecular weight excluding hydrogens is 264 g/mol. The highest BCUT2D eigenvalue weighted by atomic mass is 35.5. The van der Waals surface area contributed by atoms with Crippen LogP contribution in [0.15, 0.2) is 18.2 Å². The van der Waals surface area contributed by atoms with Gasteiger partial charge in [0.1, 0.15) is 0 Å². The Balaban J connectivity index is 2.66. The summed E-state index contributed by atoms with van der Waals surface area (Å²) in [7, 11) is 1.63. The molecule has 0 radical (unpaired) electrons. The van der Waals surface area contributed by atoms with Crippen LogP contribution in [-0.4, -0.2) is 30.3 Å². The summed E-state index contributed by atoms with van der Waals surface area (Å²) in [6.07, 6.45) is 1.87. The first kappa shape index (κ1) is 15.5. The van der Waals surface area contributed by atoms with E-state index in [0.717, 1.165) is 18.4 Å². The molecule has 2 amide bonds. The van der Waals surface area contributed by atoms with Gasteiger partial charge in [-0.2, -0.15) is 0 Å². The number of likely N-dealkylation sites (N-methyl/N-ethyl adjacent to an activating group) is 1. The van der Waals surface area contributed by atoms with Crippen molar-refractivity contribution in [2.24, 2.45) is 0 Å². The second-order valence-electron chi connectivity index (χ2n) is 4.49. The summed E-state index contributed by atoms with van der Waals surface area (Å²) in [5.41, 5.74) is 1.43. The highest BCUT2D eigenvalue weighted by Gasteiger charge is 2.18. The first-order chi connectivity index (χ1) is 8.95. The standard InChI is InChI=1S/C14H19ClN2O2/c1-4-5-8-17(3)14(19)13(18)16-12-7-6-11(15)9-10(12)2/h6-7,9H,4-5,8H2,1-3H3,(H,16,18). The number of rotatable bonds is 4. The molecule has 19 heavy (non-hydrogen) atoms. The van der Waals surface area contributed by atoms with E-state index in [1.807, 2.05) is 13.8 Å². The van der Waals surface area contributed by atoms with E-state index in [-0.39, 0.29) is 0 Å². The molecule has 0 atom stereocenters. The van der Waals surface area contributed by atoms with Crippen LogP contribution in [0.1, 0.15) is 25.3 Å². The minimum atomic E-state index is -0.621. The molecule has 1 aromatic rings. The van der Waals surface area contributed by atoms with E-state index in [2.05, 4.69) is 5.32 Å². The largest absolute Gasteiger partial charge is 0.338 e. The van der Waals surface area contributed by atoms with Crippen LogP contribution in [0.2, 0.25) is 5.02 Å². The Morgan fingerprint density at radius 1 is 1.37 bits per heavy atom. The molecule has 0 aliphatic heterocycles. The Kier molecular flexibility index (Phi) is 5.83. The van der Waals surface area contributed by atoms with Crippen molar-refractivity contribution in [3.05, 3.63) is 28.8 Å². The van der Waals surface area contributed by atoms with Crippen LogP contribution < -0.4 is 5.32 Å². The van der Waals surface area contributed by atoms with Gasteiger partial charge in [-0.3, -0.25) is 9.59 Å². The van der Waals surface area contributed by atoms with Gasteiger partial charge in [-0.1, -0.05) is 24.9 Å². The normalized spacial score (nSPS) is 10.1. The molecule has 5 heteroatoms. The minimum Gasteiger partial charge on any atom is -0.338 e. The molecule has 0 saturated heterocycles. The van der Waals surface area contributed by atoms with E-state index in [1.54, 1.807) is 25.2 Å². The van der Waals surface area contributed by atoms with Gasteiger partial charge in [0.05, 0.1) is 0 Å². The number of unbranched alkanes of at least 4 members (excludes halogenated alkanes) is 1. The number of halogens is 1. The molecule has 104 valence electrons. The maximum Gasteiger partial charge on any atom is 0.313 e. The topological polar surface area (TPSA) is 49.4 Å². The van der Waals surface area contributed by atoms with Crippen LogP contribution in [0.5, 0.6) is 0 Å². The third-order valence-corrected chi connectivity index (χ3v) is 3.06. The molecule has 4 nitrogen and oxygen atoms in total. The van der Waals surface area contributed by atoms with Gasteiger partial charge in [0.2, 0.25) is 0 Å². The smallest absolute Gasteiger partial charge is 0.313 e. The molecule has 1 rings (SSSR count). The van der Waals surface area contributed by atoms with Crippen LogP contribution in [0, 0.1) is 6.92 Å². The lowest BCUT2D eigenvalue weighted by Crippen LogP contribution is -2.37. The second kappa shape index (κ2) is 7.14. The van der Waals surface area contributed by atoms with Gasteiger partial charge in [0, 0.05) is 24.3 Å². The molecule has 1 N–H and O–H groups in total. The fraction of sp³-hybridized carbons (Fsp3) is 0.429. The van der Waals surface area contributed by atoms with Crippen molar-refractivity contribution in [1.82, 2.24) is 4.90 Å². The molecule has 1 aromatic carbocycles. The van der Waals surface area contributed by atoms with E-state index in [4.69, 9.17) is 11.6 Å². The molecule has 0 aromatic heterocycles. The van der Waals surface area contributed by atoms with Gasteiger partial charge in [-0.25, -0.2) is 0 Å². The van der Waals surface area contributed by atoms with Crippen molar-refractivity contribution in [3.8, 4) is 0 Å². The van der Waals surface area contributed by atoms with Crippen molar-refractivity contribution in [2.75, 3.05) is 18.9 Å². The molecule has 0 fully saturated rings. The summed E-state index contributed by atoms with van der Waals surface area (Å²) < 4.78 is 0. The Bertz CT molecular complexity index is 475. The van der Waals surface area contributed by atoms with Crippen LogP contribution in [0.3, 0.4) is 0 Å². The van der Waals surface area contributed by atoms with Crippen LogP contribution in [-0.2, 0) is 9.59 Å². The lowest BCUT2D eigenvalue weighted by molar-refractivity contribution is -0.142. The first-order valence-electron chi connectivity index (χ1n) is 6.28. The number of anilines is 1. The lowest BCUT2D eigenvalue weighted by Gasteiger charge is -2.16. The Morgan fingerprint density at radius 3 is 2.63 bits per heavy atom. The first-order valence-corrected chi connectivity index (χ1v) is 6.66. The maximum absolute atomic E-state index is 11.8. The summed E-state index contributed by atoms with van der Waals surface area (Å²) in [6.45, 7) is 4.45. The number of carbonyl (C=O) groups excluding carboxylic acids is 2. The Labute approximate surface area is 118 Å². The average Bonchev–Trinajstić information content (AvgIpc) is 2.38. The van der Waals surface area contributed by atoms with E-state index >= 15 is 0 Å². The highest BCUT2D eigenvalue weighted by molar-refractivity contribution is 6.39. The third kappa shape index (κ3) is 4.56. The van der Waals surface area contributed by atoms with Crippen molar-refractivity contribution in [1.29, 1.82) is 0 Å². The molecule has 0 saturated carbocycles. The monoisotopic (exact) mass is 282 g/mol. The summed E-state index contributed by atoms with van der Waals surface area (Å²) in [6, 6.07) is 5.10. The third-order valence-electron chi connectivity index (χ3n) is 2.82. The van der Waals surface area contributed by atoms with E-state index in [0.29, 0.717) is 17.3 Å². The number of nitrogens with zero attached hydrogens (tertiary/aromatic N) is 1. The van der Waals surface area contributed by atoms with Gasteiger partial charge in [-0.15, -0.1) is 0 Å². The van der Waals surface area contributed by atoms with Crippen LogP contribution in [0.25, 0.3) is 0 Å². The number of benzene rings is 1. The quantitative estimate of drug-likeness (QED) is 0.863. The fourth-order valence-corrected chi connectivity index (χ4v) is 1.84. The van der Waals surface area contributed by atoms with Gasteiger partial charge in [-0.05, 0) is 37.1 Å². The zero-order valence-corrected chi connectivity index (χ0v) is 12.3. The average molecular weight is 283 g/mol. The molecule has 0 aliphatic carbocycles. The Hall–Kier alpha value is -1.55. The zero-order chi connectivity index (χ0) is 14.4. The second-order valence-corrected chi connectivity index (χ2v) is 4.93. The maximum atomic E-state index is 11.8. The highest BCUT2D eigenvalue weighted by Crippen LogP contribution is 2.19. The number of hydrogen-bond acceptors (Lipinski definition) is 2. The lowest BCUT2D eigenvalue weighted by atomic mass is 10.2. The van der Waals surface area contributed by atoms with Gasteiger partial charge in [0.15, 0.2) is 0 Å². The van der Waals surface area contributed by atoms with E-state index < -0.39 is 11.8 Å². The molecule has 0 bridgehead atoms. The van der Waals surface area contributed by atoms with Crippen molar-refractivity contribution in [3.63, 3.8) is 0 Å². The molecular formula is C14H19ClN2O2. The van der Waals surface area contributed by atoms with Crippen molar-refractivity contribution in [2.45, 2.75) is 26.7 Å². The minimum absolute atomic E-state index is 0.525. The molecule has 0 spiro atoms. The summed E-state index contributed by atoms with van der Waals surface area (Å²) in [4.78, 5) is 25.1. The molecule has 0 heterocycles. The van der Waals surface area contributed by atoms with Crippen LogP contribution >= 0.6 is 11.6 Å². The summed E-state index contributed by atoms with van der Waals surface area (Å²) in [5, 5.41) is 3.20. The van der Waals surface area contributed by atoms with Crippen molar-refractivity contribution < 1.29 is 9.59 Å². The number of amides is 2. The summed E-state index contributed by atoms with van der Waals surface area (Å²) in [5.74, 6) is -1.15. The number of nitrogens with one attached hydrogen (secondary N) is 1. The molecule has 0 unspecified atom stereocenters. The number of aryl methyl sites for hydroxylation is 1. The van der Waals surface area contributed by atoms with Gasteiger partial charge in [0.25, 0.3) is 0 Å². The van der Waals surface area contributed by atoms with Crippen LogP contribution in [0.4, 0.5) is 5.69 Å². The molecule has 0 aliphatic rings. The predicted molar refractivity (Wildman–Crippen MR) is 77.4 cm³/mol. The zero-order valence-electron chi connectivity index (χ0n) is 11.5. The summed E-state index contributed by atoms with van der Waals surface area (Å²) >= 11 is 5.84. The number of hydrogen-bond donors (Lipinski definition) is 1. The van der Waals surface area contributed by atoms with E-state index in [1.165, 1.54) is 4.90 Å². The van der Waals surface area contributed by atoms with Gasteiger partial charge >= 0.3 is 11.8 Å². The van der Waals surface area contributed by atoms with Crippen molar-refractivity contribution >= 4 is 29.1 Å². The Morgan fingerprint density at radius 2 is 2.05 bits per heavy atom. The SMILES string of the molecule is CCCCN(C)C(=O)C(=O)Nc1ccc(Cl)cc1C.